The van der Waals surface area contributed by atoms with Gasteiger partial charge < -0.3 is 26.0 Å². The number of nitrogens with zero attached hydrogens (tertiary/aromatic N) is 5. The Morgan fingerprint density at radius 1 is 1.30 bits per heavy atom. The lowest BCUT2D eigenvalue weighted by Crippen LogP contribution is -2.50. The molecule has 2 aliphatic rings. The number of hydrogen-bond donors (Lipinski definition) is 3. The van der Waals surface area contributed by atoms with E-state index in [4.69, 9.17) is 11.5 Å². The highest BCUT2D eigenvalue weighted by Gasteiger charge is 2.34. The standard InChI is InChI=1S/C22H21F2N7O2/c1-2-17(32)29-8-12(9-29)31-21(25)18(22(26)33)15(28-31)6-5-13-14(23)7-16-20(19(13)24)27-10-30(16)11-3-4-11/h2,7,10-12,22,33H,1,3-4,8-9,25-26H2. The Morgan fingerprint density at radius 3 is 2.67 bits per heavy atom. The molecule has 1 saturated heterocycles. The molecule has 1 saturated carbocycles. The molecule has 1 amide bonds. The lowest BCUT2D eigenvalue weighted by atomic mass is 10.1. The number of likely N-dealkylation sites (tertiary alicyclic amines) is 1. The number of hydrogen-bond acceptors (Lipinski definition) is 6. The van der Waals surface area contributed by atoms with Gasteiger partial charge in [0, 0.05) is 25.2 Å². The van der Waals surface area contributed by atoms with Gasteiger partial charge in [-0.25, -0.2) is 18.4 Å². The van der Waals surface area contributed by atoms with E-state index >= 15 is 4.39 Å². The highest BCUT2D eigenvalue weighted by molar-refractivity contribution is 5.87. The molecule has 170 valence electrons. The molecule has 1 aliphatic carbocycles. The quantitative estimate of drug-likeness (QED) is 0.311. The van der Waals surface area contributed by atoms with E-state index in [0.717, 1.165) is 12.8 Å². The lowest BCUT2D eigenvalue weighted by Gasteiger charge is -2.38. The highest BCUT2D eigenvalue weighted by atomic mass is 19.1. The van der Waals surface area contributed by atoms with Crippen LogP contribution in [0.15, 0.2) is 25.0 Å². The Morgan fingerprint density at radius 2 is 2.03 bits per heavy atom. The summed E-state index contributed by atoms with van der Waals surface area (Å²) < 4.78 is 33.0. The van der Waals surface area contributed by atoms with Gasteiger partial charge in [-0.2, -0.15) is 5.10 Å². The van der Waals surface area contributed by atoms with Gasteiger partial charge >= 0.3 is 0 Å². The third kappa shape index (κ3) is 3.44. The fraction of sp³-hybridized carbons (Fsp3) is 0.318. The number of aliphatic hydroxyl groups excluding tert-OH is 1. The number of rotatable bonds is 4. The second-order valence-corrected chi connectivity index (χ2v) is 8.19. The minimum absolute atomic E-state index is 0.00148. The molecule has 5 rings (SSSR count). The molecule has 1 aromatic carbocycles. The molecule has 0 radical (unpaired) electrons. The Labute approximate surface area is 187 Å². The van der Waals surface area contributed by atoms with E-state index in [9.17, 15) is 14.3 Å². The van der Waals surface area contributed by atoms with Crippen molar-refractivity contribution >= 4 is 22.8 Å². The fourth-order valence-electron chi connectivity index (χ4n) is 4.02. The normalized spacial score (nSPS) is 16.9. The molecule has 2 aromatic heterocycles. The second-order valence-electron chi connectivity index (χ2n) is 8.19. The summed E-state index contributed by atoms with van der Waals surface area (Å²) >= 11 is 0. The van der Waals surface area contributed by atoms with E-state index in [0.29, 0.717) is 18.6 Å². The summed E-state index contributed by atoms with van der Waals surface area (Å²) in [5.41, 5.74) is 11.8. The molecule has 5 N–H and O–H groups in total. The summed E-state index contributed by atoms with van der Waals surface area (Å²) in [6.45, 7) is 4.13. The van der Waals surface area contributed by atoms with Crippen LogP contribution in [0.1, 0.15) is 48.0 Å². The smallest absolute Gasteiger partial charge is 0.246 e. The summed E-state index contributed by atoms with van der Waals surface area (Å²) in [6, 6.07) is 1.19. The summed E-state index contributed by atoms with van der Waals surface area (Å²) in [5.74, 6) is 3.23. The molecule has 1 aliphatic heterocycles. The van der Waals surface area contributed by atoms with Gasteiger partial charge in [-0.3, -0.25) is 4.79 Å². The number of fused-ring (bicyclic) bond motifs is 1. The summed E-state index contributed by atoms with van der Waals surface area (Å²) in [5, 5.41) is 14.3. The lowest BCUT2D eigenvalue weighted by molar-refractivity contribution is -0.131. The van der Waals surface area contributed by atoms with Crippen LogP contribution in [0.5, 0.6) is 0 Å². The molecule has 1 unspecified atom stereocenters. The predicted octanol–water partition coefficient (Wildman–Crippen LogP) is 1.35. The molecule has 1 atom stereocenters. The van der Waals surface area contributed by atoms with Crippen molar-refractivity contribution in [2.45, 2.75) is 31.2 Å². The van der Waals surface area contributed by atoms with Crippen LogP contribution in [0, 0.1) is 23.5 Å². The first-order valence-electron chi connectivity index (χ1n) is 10.4. The first-order chi connectivity index (χ1) is 15.8. The summed E-state index contributed by atoms with van der Waals surface area (Å²) in [6.07, 6.45) is 3.12. The maximum Gasteiger partial charge on any atom is 0.246 e. The van der Waals surface area contributed by atoms with Gasteiger partial charge in [-0.05, 0) is 24.8 Å². The Kier molecular flexibility index (Phi) is 4.92. The highest BCUT2D eigenvalue weighted by Crippen LogP contribution is 2.38. The number of benzene rings is 1. The first kappa shape index (κ1) is 21.1. The Balaban J connectivity index is 1.50. The van der Waals surface area contributed by atoms with Crippen LogP contribution < -0.4 is 11.5 Å². The predicted molar refractivity (Wildman–Crippen MR) is 116 cm³/mol. The van der Waals surface area contributed by atoms with Crippen molar-refractivity contribution in [3.63, 3.8) is 0 Å². The van der Waals surface area contributed by atoms with Crippen LogP contribution in [-0.4, -0.2) is 48.3 Å². The van der Waals surface area contributed by atoms with Gasteiger partial charge in [0.25, 0.3) is 0 Å². The van der Waals surface area contributed by atoms with E-state index in [1.54, 1.807) is 9.47 Å². The molecule has 0 bridgehead atoms. The second kappa shape index (κ2) is 7.68. The topological polar surface area (TPSA) is 128 Å². The number of aromatic nitrogens is 4. The van der Waals surface area contributed by atoms with Crippen molar-refractivity contribution in [1.29, 1.82) is 0 Å². The van der Waals surface area contributed by atoms with Crippen LogP contribution in [0.4, 0.5) is 14.6 Å². The number of anilines is 1. The van der Waals surface area contributed by atoms with Crippen LogP contribution >= 0.6 is 0 Å². The maximum atomic E-state index is 15.0. The molecule has 9 nitrogen and oxygen atoms in total. The third-order valence-electron chi connectivity index (χ3n) is 5.98. The molecule has 0 spiro atoms. The molecular weight excluding hydrogens is 432 g/mol. The van der Waals surface area contributed by atoms with Gasteiger partial charge in [-0.1, -0.05) is 12.5 Å². The Hall–Kier alpha value is -3.75. The minimum Gasteiger partial charge on any atom is -0.383 e. The van der Waals surface area contributed by atoms with Crippen molar-refractivity contribution in [1.82, 2.24) is 24.2 Å². The van der Waals surface area contributed by atoms with Crippen molar-refractivity contribution in [2.24, 2.45) is 5.73 Å². The van der Waals surface area contributed by atoms with Crippen LogP contribution in [0.25, 0.3) is 11.0 Å². The van der Waals surface area contributed by atoms with Crippen LogP contribution in [-0.2, 0) is 4.79 Å². The number of amides is 1. The first-order valence-corrected chi connectivity index (χ1v) is 10.4. The van der Waals surface area contributed by atoms with E-state index in [-0.39, 0.29) is 40.6 Å². The molecule has 3 aromatic rings. The van der Waals surface area contributed by atoms with E-state index in [1.807, 2.05) is 0 Å². The number of nitrogen functional groups attached to an aromatic ring is 1. The minimum atomic E-state index is -1.50. The number of carbonyl (C=O) groups excluding carboxylic acids is 1. The average molecular weight is 453 g/mol. The average Bonchev–Trinajstić information content (AvgIpc) is 3.41. The third-order valence-corrected chi connectivity index (χ3v) is 5.98. The fourth-order valence-corrected chi connectivity index (χ4v) is 4.02. The zero-order valence-electron chi connectivity index (χ0n) is 17.5. The number of nitrogens with two attached hydrogens (primary N) is 2. The Bertz CT molecular complexity index is 1350. The van der Waals surface area contributed by atoms with Crippen molar-refractivity contribution < 1.29 is 18.7 Å². The molecule has 2 fully saturated rings. The maximum absolute atomic E-state index is 15.0. The van der Waals surface area contributed by atoms with E-state index in [1.165, 1.54) is 23.2 Å². The zero-order chi connectivity index (χ0) is 23.4. The molecular formula is C22H21F2N7O2. The summed E-state index contributed by atoms with van der Waals surface area (Å²) in [7, 11) is 0. The van der Waals surface area contributed by atoms with E-state index < -0.39 is 23.4 Å². The molecule has 11 heteroatoms. The summed E-state index contributed by atoms with van der Waals surface area (Å²) in [4.78, 5) is 17.3. The monoisotopic (exact) mass is 453 g/mol. The van der Waals surface area contributed by atoms with Gasteiger partial charge in [0.1, 0.15) is 29.1 Å². The number of aliphatic hydroxyl groups is 1. The molecule has 3 heterocycles. The SMILES string of the molecule is C=CC(=O)N1CC(n2nc(C#Cc3c(F)cc4c(ncn4C4CC4)c3F)c(C(N)O)c2N)C1. The van der Waals surface area contributed by atoms with Crippen molar-refractivity contribution in [3.05, 3.63) is 53.5 Å². The van der Waals surface area contributed by atoms with Crippen molar-refractivity contribution in [2.75, 3.05) is 18.8 Å². The number of carbonyl (C=O) groups is 1. The number of imidazole rings is 1. The van der Waals surface area contributed by atoms with Crippen LogP contribution in [0.3, 0.4) is 0 Å². The largest absolute Gasteiger partial charge is 0.383 e. The van der Waals surface area contributed by atoms with E-state index in [2.05, 4.69) is 28.5 Å². The molecule has 33 heavy (non-hydrogen) atoms. The zero-order valence-corrected chi connectivity index (χ0v) is 17.5. The van der Waals surface area contributed by atoms with Gasteiger partial charge in [0.05, 0.1) is 29.0 Å². The number of halogens is 2. The van der Waals surface area contributed by atoms with Crippen molar-refractivity contribution in [3.8, 4) is 11.8 Å². The van der Waals surface area contributed by atoms with Gasteiger partial charge in [0.15, 0.2) is 5.82 Å². The van der Waals surface area contributed by atoms with Gasteiger partial charge in [0.2, 0.25) is 5.91 Å². The van der Waals surface area contributed by atoms with Gasteiger partial charge in [-0.15, -0.1) is 0 Å². The van der Waals surface area contributed by atoms with Crippen LogP contribution in [0.2, 0.25) is 0 Å².